The fraction of sp³-hybridized carbons (Fsp3) is 0.375. The molecule has 2 aromatic carbocycles. The molecule has 2 aliphatic carbocycles. The smallest absolute Gasteiger partial charge is 0.0840 e. The van der Waals surface area contributed by atoms with Crippen molar-refractivity contribution in [2.75, 3.05) is 0 Å². The Morgan fingerprint density at radius 1 is 0.758 bits per heavy atom. The van der Waals surface area contributed by atoms with Crippen molar-refractivity contribution in [2.45, 2.75) is 79.3 Å². The van der Waals surface area contributed by atoms with E-state index < -0.39 is 8.07 Å². The van der Waals surface area contributed by atoms with Crippen molar-refractivity contribution in [3.63, 3.8) is 0 Å². The molecular formula is C32H40Si. The third kappa shape index (κ3) is 3.48. The average Bonchev–Trinajstić information content (AvgIpc) is 2.94. The molecule has 0 amide bonds. The average molecular weight is 453 g/mol. The zero-order valence-electron chi connectivity index (χ0n) is 22.1. The number of hydrogen-bond donors (Lipinski definition) is 0. The second kappa shape index (κ2) is 8.44. The van der Waals surface area contributed by atoms with Crippen LogP contribution in [0.1, 0.15) is 63.3 Å². The van der Waals surface area contributed by atoms with Crippen LogP contribution in [0, 0.1) is 27.7 Å². The molecule has 0 nitrogen and oxygen atoms in total. The van der Waals surface area contributed by atoms with Gasteiger partial charge in [-0.3, -0.25) is 0 Å². The maximum atomic E-state index is 2.56. The summed E-state index contributed by atoms with van der Waals surface area (Å²) in [7, 11) is -2.45. The molecule has 0 spiro atoms. The van der Waals surface area contributed by atoms with Gasteiger partial charge in [-0.2, -0.15) is 0 Å². The van der Waals surface area contributed by atoms with Crippen molar-refractivity contribution in [3.05, 3.63) is 105 Å². The molecule has 0 N–H and O–H groups in total. The van der Waals surface area contributed by atoms with Crippen molar-refractivity contribution in [1.29, 1.82) is 0 Å². The molecule has 0 heterocycles. The lowest BCUT2D eigenvalue weighted by Crippen LogP contribution is -2.69. The van der Waals surface area contributed by atoms with Gasteiger partial charge in [0.05, 0.1) is 0 Å². The van der Waals surface area contributed by atoms with Gasteiger partial charge in [0.2, 0.25) is 0 Å². The normalized spacial score (nSPS) is 22.9. The lowest BCUT2D eigenvalue weighted by Gasteiger charge is -2.53. The molecule has 2 unspecified atom stereocenters. The van der Waals surface area contributed by atoms with Gasteiger partial charge in [-0.1, -0.05) is 106 Å². The second-order valence-corrected chi connectivity index (χ2v) is 15.3. The van der Waals surface area contributed by atoms with Gasteiger partial charge < -0.3 is 0 Å². The monoisotopic (exact) mass is 452 g/mol. The summed E-state index contributed by atoms with van der Waals surface area (Å²) in [5.41, 5.74) is 12.3. The molecule has 0 bridgehead atoms. The molecule has 0 aliphatic heterocycles. The largest absolute Gasteiger partial charge is 0.139 e. The Morgan fingerprint density at radius 3 is 1.79 bits per heavy atom. The van der Waals surface area contributed by atoms with Crippen LogP contribution in [0.25, 0.3) is 0 Å². The van der Waals surface area contributed by atoms with E-state index in [2.05, 4.69) is 123 Å². The van der Waals surface area contributed by atoms with Gasteiger partial charge in [0.25, 0.3) is 0 Å². The van der Waals surface area contributed by atoms with Crippen LogP contribution < -0.4 is 10.4 Å². The van der Waals surface area contributed by atoms with Crippen LogP contribution in [0.3, 0.4) is 0 Å². The summed E-state index contributed by atoms with van der Waals surface area (Å²) in [5.74, 6) is 0. The standard InChI is InChI=1S/C32H40Si/c1-21-18-22(2)20-29(19-21)33(32(9)16-11-10-12-17-32,30-23(3)14-13-15-24(30)4)31-27(7)25(5)26(6)28(31)8/h10-16,18-20,31H,17H2,1-9H3. The summed E-state index contributed by atoms with van der Waals surface area (Å²) in [6, 6.07) is 14.3. The Hall–Kier alpha value is -2.38. The van der Waals surface area contributed by atoms with Crippen molar-refractivity contribution < 1.29 is 0 Å². The van der Waals surface area contributed by atoms with Crippen molar-refractivity contribution in [2.24, 2.45) is 0 Å². The minimum atomic E-state index is -2.45. The second-order valence-electron chi connectivity index (χ2n) is 10.9. The highest BCUT2D eigenvalue weighted by atomic mass is 28.3. The Morgan fingerprint density at radius 2 is 1.30 bits per heavy atom. The number of benzene rings is 2. The Labute approximate surface area is 202 Å². The fourth-order valence-corrected chi connectivity index (χ4v) is 14.7. The van der Waals surface area contributed by atoms with E-state index in [9.17, 15) is 0 Å². The maximum absolute atomic E-state index is 2.56. The van der Waals surface area contributed by atoms with E-state index in [1.807, 2.05) is 0 Å². The van der Waals surface area contributed by atoms with Crippen molar-refractivity contribution in [1.82, 2.24) is 0 Å². The minimum Gasteiger partial charge on any atom is -0.0840 e. The van der Waals surface area contributed by atoms with Crippen molar-refractivity contribution in [3.8, 4) is 0 Å². The van der Waals surface area contributed by atoms with Crippen LogP contribution in [0.5, 0.6) is 0 Å². The number of allylic oxidation sites excluding steroid dienone is 8. The van der Waals surface area contributed by atoms with Crippen LogP contribution in [-0.2, 0) is 0 Å². The summed E-state index contributed by atoms with van der Waals surface area (Å²) in [6.07, 6.45) is 10.6. The van der Waals surface area contributed by atoms with Crippen LogP contribution >= 0.6 is 0 Å². The summed E-state index contributed by atoms with van der Waals surface area (Å²) in [6.45, 7) is 21.3. The molecule has 0 saturated heterocycles. The number of aryl methyl sites for hydroxylation is 4. The first kappa shape index (κ1) is 23.8. The van der Waals surface area contributed by atoms with E-state index in [1.165, 1.54) is 33.4 Å². The Kier molecular flexibility index (Phi) is 6.08. The molecule has 0 saturated carbocycles. The highest BCUT2D eigenvalue weighted by molar-refractivity contribution is 7.07. The van der Waals surface area contributed by atoms with Gasteiger partial charge in [-0.25, -0.2) is 0 Å². The molecule has 2 aromatic rings. The molecule has 0 fully saturated rings. The number of rotatable bonds is 4. The van der Waals surface area contributed by atoms with Crippen LogP contribution in [0.4, 0.5) is 0 Å². The molecule has 1 heteroatoms. The third-order valence-corrected chi connectivity index (χ3v) is 15.4. The van der Waals surface area contributed by atoms with E-state index in [1.54, 1.807) is 21.5 Å². The summed E-state index contributed by atoms with van der Waals surface area (Å²) >= 11 is 0. The minimum absolute atomic E-state index is 0.0664. The summed E-state index contributed by atoms with van der Waals surface area (Å²) in [5, 5.41) is 3.30. The quantitative estimate of drug-likeness (QED) is 0.415. The maximum Gasteiger partial charge on any atom is 0.139 e. The van der Waals surface area contributed by atoms with Gasteiger partial charge in [-0.05, 0) is 83.2 Å². The van der Waals surface area contributed by atoms with Crippen LogP contribution in [0.15, 0.2) is 83.0 Å². The van der Waals surface area contributed by atoms with E-state index in [0.717, 1.165) is 6.42 Å². The van der Waals surface area contributed by atoms with E-state index >= 15 is 0 Å². The molecule has 4 rings (SSSR count). The molecule has 0 radical (unpaired) electrons. The first-order valence-corrected chi connectivity index (χ1v) is 14.5. The summed E-state index contributed by atoms with van der Waals surface area (Å²) < 4.78 is 0. The molecule has 2 atom stereocenters. The number of hydrogen-bond acceptors (Lipinski definition) is 0. The SMILES string of the molecule is CC1=C(C)C([Si](c2cc(C)cc(C)c2)(c2c(C)cccc2C)C2(C)C=CC=CC2)C(C)=C1C. The third-order valence-electron chi connectivity index (χ3n) is 8.75. The highest BCUT2D eigenvalue weighted by Gasteiger charge is 2.59. The molecular weight excluding hydrogens is 412 g/mol. The van der Waals surface area contributed by atoms with Gasteiger partial charge in [0, 0.05) is 5.54 Å². The Balaban J connectivity index is 2.27. The summed E-state index contributed by atoms with van der Waals surface area (Å²) in [4.78, 5) is 0. The van der Waals surface area contributed by atoms with E-state index in [4.69, 9.17) is 0 Å². The molecule has 0 aromatic heterocycles. The van der Waals surface area contributed by atoms with Gasteiger partial charge in [0.1, 0.15) is 8.07 Å². The first-order chi connectivity index (χ1) is 15.5. The van der Waals surface area contributed by atoms with Crippen molar-refractivity contribution >= 4 is 18.4 Å². The lowest BCUT2D eigenvalue weighted by atomic mass is 10.0. The lowest BCUT2D eigenvalue weighted by molar-refractivity contribution is 0.717. The van der Waals surface area contributed by atoms with Gasteiger partial charge in [0.15, 0.2) is 0 Å². The van der Waals surface area contributed by atoms with E-state index in [0.29, 0.717) is 5.54 Å². The topological polar surface area (TPSA) is 0 Å². The Bertz CT molecular complexity index is 1170. The first-order valence-electron chi connectivity index (χ1n) is 12.4. The predicted octanol–water partition coefficient (Wildman–Crippen LogP) is 7.82. The highest BCUT2D eigenvalue weighted by Crippen LogP contribution is 2.57. The van der Waals surface area contributed by atoms with Crippen LogP contribution in [-0.4, -0.2) is 8.07 Å². The predicted molar refractivity (Wildman–Crippen MR) is 149 cm³/mol. The van der Waals surface area contributed by atoms with Gasteiger partial charge in [-0.15, -0.1) is 0 Å². The van der Waals surface area contributed by atoms with E-state index in [-0.39, 0.29) is 5.04 Å². The fourth-order valence-electron chi connectivity index (χ4n) is 7.06. The zero-order chi connectivity index (χ0) is 24.1. The zero-order valence-corrected chi connectivity index (χ0v) is 23.1. The molecule has 2 aliphatic rings. The molecule has 172 valence electrons. The van der Waals surface area contributed by atoms with Crippen LogP contribution in [0.2, 0.25) is 10.6 Å². The molecule has 33 heavy (non-hydrogen) atoms. The van der Waals surface area contributed by atoms with Gasteiger partial charge >= 0.3 is 0 Å².